The lowest BCUT2D eigenvalue weighted by Crippen LogP contribution is -2.23. The molecule has 3 rings (SSSR count). The van der Waals surface area contributed by atoms with Crippen molar-refractivity contribution in [2.45, 2.75) is 42.7 Å². The third kappa shape index (κ3) is 2.31. The zero-order chi connectivity index (χ0) is 11.0. The van der Waals surface area contributed by atoms with E-state index in [2.05, 4.69) is 39.4 Å². The van der Waals surface area contributed by atoms with Crippen LogP contribution in [-0.4, -0.2) is 11.8 Å². The minimum absolute atomic E-state index is 0.579. The van der Waals surface area contributed by atoms with Crippen LogP contribution in [-0.2, 0) is 0 Å². The van der Waals surface area contributed by atoms with Gasteiger partial charge in [-0.2, -0.15) is 0 Å². The lowest BCUT2D eigenvalue weighted by Gasteiger charge is -2.19. The van der Waals surface area contributed by atoms with Gasteiger partial charge < -0.3 is 5.32 Å². The molecule has 0 amide bonds. The highest BCUT2D eigenvalue weighted by Gasteiger charge is 2.27. The molecule has 86 valence electrons. The molecular weight excluding hydrogens is 282 g/mol. The van der Waals surface area contributed by atoms with Gasteiger partial charge in [0.25, 0.3) is 0 Å². The van der Waals surface area contributed by atoms with E-state index in [9.17, 15) is 0 Å². The molecule has 0 spiro atoms. The van der Waals surface area contributed by atoms with Crippen molar-refractivity contribution in [1.82, 2.24) is 5.32 Å². The summed E-state index contributed by atoms with van der Waals surface area (Å²) in [5.74, 6) is 1.25. The maximum absolute atomic E-state index is 3.78. The van der Waals surface area contributed by atoms with Crippen LogP contribution in [0.2, 0.25) is 0 Å². The largest absolute Gasteiger partial charge is 0.307 e. The highest BCUT2D eigenvalue weighted by molar-refractivity contribution is 9.10. The predicted molar refractivity (Wildman–Crippen MR) is 73.0 cm³/mol. The second-order valence-corrected chi connectivity index (χ2v) is 6.60. The van der Waals surface area contributed by atoms with E-state index >= 15 is 0 Å². The molecule has 1 aliphatic carbocycles. The molecule has 2 aliphatic rings. The molecule has 1 aliphatic heterocycles. The molecule has 16 heavy (non-hydrogen) atoms. The summed E-state index contributed by atoms with van der Waals surface area (Å²) in [4.78, 5) is 1.46. The van der Waals surface area contributed by atoms with Gasteiger partial charge in [-0.3, -0.25) is 0 Å². The average Bonchev–Trinajstić information content (AvgIpc) is 3.08. The van der Waals surface area contributed by atoms with Crippen molar-refractivity contribution in [3.05, 3.63) is 28.2 Å². The van der Waals surface area contributed by atoms with Crippen LogP contribution >= 0.6 is 27.7 Å². The number of rotatable bonds is 2. The lowest BCUT2D eigenvalue weighted by atomic mass is 10.0. The Balaban J connectivity index is 1.92. The minimum Gasteiger partial charge on any atom is -0.307 e. The zero-order valence-corrected chi connectivity index (χ0v) is 11.6. The zero-order valence-electron chi connectivity index (χ0n) is 9.21. The fourth-order valence-corrected chi connectivity index (χ4v) is 4.10. The molecule has 1 unspecified atom stereocenters. The van der Waals surface area contributed by atoms with Gasteiger partial charge in [0.05, 0.1) is 0 Å². The Kier molecular flexibility index (Phi) is 3.27. The molecule has 1 aromatic rings. The van der Waals surface area contributed by atoms with Gasteiger partial charge >= 0.3 is 0 Å². The summed E-state index contributed by atoms with van der Waals surface area (Å²) in [5, 5.41) is 3.78. The minimum atomic E-state index is 0.579. The molecule has 1 aromatic carbocycles. The Labute approximate surface area is 110 Å². The van der Waals surface area contributed by atoms with Crippen molar-refractivity contribution in [3.63, 3.8) is 0 Å². The third-order valence-corrected chi connectivity index (χ3v) is 5.43. The van der Waals surface area contributed by atoms with E-state index in [-0.39, 0.29) is 0 Å². The first-order valence-electron chi connectivity index (χ1n) is 6.02. The average molecular weight is 298 g/mol. The van der Waals surface area contributed by atoms with E-state index < -0.39 is 0 Å². The van der Waals surface area contributed by atoms with Gasteiger partial charge in [0, 0.05) is 21.5 Å². The van der Waals surface area contributed by atoms with Gasteiger partial charge in [-0.25, -0.2) is 0 Å². The number of hydrogen-bond donors (Lipinski definition) is 1. The summed E-state index contributed by atoms with van der Waals surface area (Å²) in [7, 11) is 0. The van der Waals surface area contributed by atoms with E-state index in [1.165, 1.54) is 46.4 Å². The summed E-state index contributed by atoms with van der Waals surface area (Å²) in [5.41, 5.74) is 1.50. The SMILES string of the molecule is Brc1cccc2c1SCCCC2NC1CC1. The maximum atomic E-state index is 3.78. The highest BCUT2D eigenvalue weighted by atomic mass is 79.9. The Hall–Kier alpha value is 0.01000. The monoisotopic (exact) mass is 297 g/mol. The molecule has 0 saturated heterocycles. The van der Waals surface area contributed by atoms with Crippen molar-refractivity contribution in [1.29, 1.82) is 0 Å². The van der Waals surface area contributed by atoms with Crippen molar-refractivity contribution >= 4 is 27.7 Å². The first kappa shape index (κ1) is 11.1. The first-order valence-corrected chi connectivity index (χ1v) is 7.80. The van der Waals surface area contributed by atoms with E-state index in [0.717, 1.165) is 6.04 Å². The highest BCUT2D eigenvalue weighted by Crippen LogP contribution is 2.40. The fourth-order valence-electron chi connectivity index (χ4n) is 2.28. The number of halogens is 1. The topological polar surface area (TPSA) is 12.0 Å². The molecule has 1 atom stereocenters. The number of hydrogen-bond acceptors (Lipinski definition) is 2. The summed E-state index contributed by atoms with van der Waals surface area (Å²) < 4.78 is 1.26. The van der Waals surface area contributed by atoms with Crippen molar-refractivity contribution in [2.75, 3.05) is 5.75 Å². The first-order chi connectivity index (χ1) is 7.84. The summed E-state index contributed by atoms with van der Waals surface area (Å²) in [6.45, 7) is 0. The maximum Gasteiger partial charge on any atom is 0.0334 e. The van der Waals surface area contributed by atoms with Crippen LogP contribution in [0.15, 0.2) is 27.6 Å². The second kappa shape index (κ2) is 4.71. The summed E-state index contributed by atoms with van der Waals surface area (Å²) in [6.07, 6.45) is 5.34. The molecule has 0 aromatic heterocycles. The van der Waals surface area contributed by atoms with Crippen LogP contribution in [0, 0.1) is 0 Å². The molecular formula is C13H16BrNS. The van der Waals surface area contributed by atoms with E-state index in [4.69, 9.17) is 0 Å². The number of benzene rings is 1. The van der Waals surface area contributed by atoms with Gasteiger partial charge in [-0.15, -0.1) is 11.8 Å². The fraction of sp³-hybridized carbons (Fsp3) is 0.538. The number of thioether (sulfide) groups is 1. The van der Waals surface area contributed by atoms with Crippen LogP contribution in [0.4, 0.5) is 0 Å². The Morgan fingerprint density at radius 2 is 2.12 bits per heavy atom. The molecule has 1 heterocycles. The quantitative estimate of drug-likeness (QED) is 0.881. The van der Waals surface area contributed by atoms with Gasteiger partial charge in [0.15, 0.2) is 0 Å². The van der Waals surface area contributed by atoms with Crippen LogP contribution in [0.3, 0.4) is 0 Å². The van der Waals surface area contributed by atoms with Crippen LogP contribution < -0.4 is 5.32 Å². The normalized spacial score (nSPS) is 24.9. The smallest absolute Gasteiger partial charge is 0.0334 e. The molecule has 3 heteroatoms. The Morgan fingerprint density at radius 3 is 2.94 bits per heavy atom. The molecule has 1 N–H and O–H groups in total. The third-order valence-electron chi connectivity index (χ3n) is 3.27. The Bertz CT molecular complexity index is 390. The molecule has 1 nitrogen and oxygen atoms in total. The van der Waals surface area contributed by atoms with Gasteiger partial charge in [0.1, 0.15) is 0 Å². The van der Waals surface area contributed by atoms with Gasteiger partial charge in [-0.05, 0) is 59.0 Å². The van der Waals surface area contributed by atoms with Crippen molar-refractivity contribution in [3.8, 4) is 0 Å². The van der Waals surface area contributed by atoms with Crippen molar-refractivity contribution < 1.29 is 0 Å². The van der Waals surface area contributed by atoms with E-state index in [1.807, 2.05) is 11.8 Å². The standard InChI is InChI=1S/C13H16BrNS/c14-11-4-1-3-10-12(15-9-6-7-9)5-2-8-16-13(10)11/h1,3-4,9,12,15H,2,5-8H2. The van der Waals surface area contributed by atoms with E-state index in [0.29, 0.717) is 6.04 Å². The van der Waals surface area contributed by atoms with Crippen LogP contribution in [0.5, 0.6) is 0 Å². The molecule has 0 bridgehead atoms. The Morgan fingerprint density at radius 1 is 1.25 bits per heavy atom. The molecule has 1 saturated carbocycles. The van der Waals surface area contributed by atoms with Gasteiger partial charge in [0.2, 0.25) is 0 Å². The lowest BCUT2D eigenvalue weighted by molar-refractivity contribution is 0.490. The summed E-state index contributed by atoms with van der Waals surface area (Å²) in [6, 6.07) is 7.98. The second-order valence-electron chi connectivity index (χ2n) is 4.64. The van der Waals surface area contributed by atoms with Crippen molar-refractivity contribution in [2.24, 2.45) is 0 Å². The molecule has 0 radical (unpaired) electrons. The predicted octanol–water partition coefficient (Wildman–Crippen LogP) is 4.13. The molecule has 1 fully saturated rings. The number of nitrogens with one attached hydrogen (secondary N) is 1. The van der Waals surface area contributed by atoms with E-state index in [1.54, 1.807) is 0 Å². The van der Waals surface area contributed by atoms with Gasteiger partial charge in [-0.1, -0.05) is 12.1 Å². The summed E-state index contributed by atoms with van der Waals surface area (Å²) >= 11 is 5.68. The van der Waals surface area contributed by atoms with Crippen LogP contribution in [0.1, 0.15) is 37.3 Å². The van der Waals surface area contributed by atoms with Crippen LogP contribution in [0.25, 0.3) is 0 Å². The number of fused-ring (bicyclic) bond motifs is 1.